The predicted molar refractivity (Wildman–Crippen MR) is 229 cm³/mol. The largest absolute Gasteiger partial charge is 0.472 e. The Morgan fingerprint density at radius 3 is 1.49 bits per heavy atom. The molecule has 9 nitrogen and oxygen atoms in total. The van der Waals surface area contributed by atoms with Crippen molar-refractivity contribution >= 4 is 19.8 Å². The van der Waals surface area contributed by atoms with Crippen LogP contribution in [0.3, 0.4) is 0 Å². The van der Waals surface area contributed by atoms with E-state index in [0.717, 1.165) is 64.2 Å². The smallest absolute Gasteiger partial charge is 0.462 e. The summed E-state index contributed by atoms with van der Waals surface area (Å²) >= 11 is 0. The quantitative estimate of drug-likeness (QED) is 0.0269. The summed E-state index contributed by atoms with van der Waals surface area (Å²) in [5, 5.41) is 0. The van der Waals surface area contributed by atoms with Crippen LogP contribution in [0.4, 0.5) is 0 Å². The van der Waals surface area contributed by atoms with Gasteiger partial charge < -0.3 is 20.1 Å². The fraction of sp³-hybridized carbons (Fsp3) is 0.733. The van der Waals surface area contributed by atoms with Gasteiger partial charge in [0, 0.05) is 19.4 Å². The Labute approximate surface area is 336 Å². The molecule has 2 atom stereocenters. The van der Waals surface area contributed by atoms with Crippen LogP contribution in [0.25, 0.3) is 0 Å². The Bertz CT molecular complexity index is 1090. The van der Waals surface area contributed by atoms with E-state index in [2.05, 4.69) is 74.6 Å². The minimum atomic E-state index is -4.39. The SMILES string of the molecule is CCCCCC/C=C/CCCCCCCC(=O)O[C@@H](COC(=O)CCC/C=C/C/C=C/C/C=C/C/C=C/CCCCCCCCC)COP(=O)(O)OCCN. The fourth-order valence-electron chi connectivity index (χ4n) is 5.62. The molecule has 0 aliphatic heterocycles. The summed E-state index contributed by atoms with van der Waals surface area (Å²) in [6.45, 7) is 3.63. The lowest BCUT2D eigenvalue weighted by Crippen LogP contribution is -2.29. The fourth-order valence-corrected chi connectivity index (χ4v) is 6.39. The van der Waals surface area contributed by atoms with Crippen molar-refractivity contribution in [3.63, 3.8) is 0 Å². The second-order valence-corrected chi connectivity index (χ2v) is 15.7. The standard InChI is InChI=1S/C45H80NO8P/c1-3-5-7-9-11-13-15-17-18-19-20-21-22-23-24-26-27-29-31-33-35-37-44(47)51-41-43(42-53-55(49,50)52-40-39-46)54-45(48)38-36-34-32-30-28-25-16-14-12-10-8-6-4-2/h14,16,18-19,21-22,24,26,29,31,43H,3-13,15,17,20,23,25,27-28,30,32-42,46H2,1-2H3,(H,49,50)/b16-14+,19-18+,22-21+,26-24+,31-29+/t43-/m0/s1. The van der Waals surface area contributed by atoms with Crippen LogP contribution in [-0.4, -0.2) is 49.3 Å². The number of hydrogen-bond donors (Lipinski definition) is 2. The average molecular weight is 794 g/mol. The van der Waals surface area contributed by atoms with Gasteiger partial charge in [-0.25, -0.2) is 4.57 Å². The monoisotopic (exact) mass is 794 g/mol. The van der Waals surface area contributed by atoms with E-state index in [4.69, 9.17) is 24.3 Å². The van der Waals surface area contributed by atoms with Gasteiger partial charge in [0.25, 0.3) is 0 Å². The Hall–Kier alpha value is -2.29. The third-order valence-corrected chi connectivity index (χ3v) is 9.86. The van der Waals surface area contributed by atoms with Gasteiger partial charge in [0.05, 0.1) is 13.2 Å². The van der Waals surface area contributed by atoms with Crippen LogP contribution in [0, 0.1) is 0 Å². The van der Waals surface area contributed by atoms with Gasteiger partial charge in [0.15, 0.2) is 6.10 Å². The first-order valence-electron chi connectivity index (χ1n) is 21.8. The van der Waals surface area contributed by atoms with Gasteiger partial charge in [-0.1, -0.05) is 152 Å². The molecule has 0 bridgehead atoms. The van der Waals surface area contributed by atoms with Gasteiger partial charge in [0.2, 0.25) is 0 Å². The number of nitrogens with two attached hydrogens (primary N) is 1. The molecule has 0 saturated carbocycles. The number of esters is 2. The average Bonchev–Trinajstić information content (AvgIpc) is 3.17. The summed E-state index contributed by atoms with van der Waals surface area (Å²) in [7, 11) is -4.39. The molecule has 55 heavy (non-hydrogen) atoms. The summed E-state index contributed by atoms with van der Waals surface area (Å²) < 4.78 is 32.7. The van der Waals surface area contributed by atoms with E-state index in [0.29, 0.717) is 12.8 Å². The highest BCUT2D eigenvalue weighted by Crippen LogP contribution is 2.43. The number of carbonyl (C=O) groups is 2. The first-order chi connectivity index (χ1) is 26.8. The molecule has 0 heterocycles. The van der Waals surface area contributed by atoms with Crippen molar-refractivity contribution in [3.8, 4) is 0 Å². The molecule has 0 spiro atoms. The van der Waals surface area contributed by atoms with Gasteiger partial charge >= 0.3 is 19.8 Å². The maximum absolute atomic E-state index is 12.5. The lowest BCUT2D eigenvalue weighted by Gasteiger charge is -2.19. The molecular weight excluding hydrogens is 713 g/mol. The summed E-state index contributed by atoms with van der Waals surface area (Å²) in [6.07, 6.45) is 48.3. The Kier molecular flexibility index (Phi) is 39.6. The second-order valence-electron chi connectivity index (χ2n) is 14.2. The van der Waals surface area contributed by atoms with Crippen LogP contribution in [0.15, 0.2) is 60.8 Å². The van der Waals surface area contributed by atoms with Crippen LogP contribution >= 0.6 is 7.82 Å². The zero-order valence-corrected chi connectivity index (χ0v) is 35.8. The molecule has 0 aliphatic rings. The third-order valence-electron chi connectivity index (χ3n) is 8.88. The summed E-state index contributed by atoms with van der Waals surface area (Å²) in [6, 6.07) is 0. The maximum Gasteiger partial charge on any atom is 0.472 e. The zero-order valence-electron chi connectivity index (χ0n) is 34.9. The summed E-state index contributed by atoms with van der Waals surface area (Å²) in [4.78, 5) is 34.8. The minimum absolute atomic E-state index is 0.0426. The van der Waals surface area contributed by atoms with Gasteiger partial charge in [-0.05, 0) is 77.0 Å². The molecule has 0 amide bonds. The highest BCUT2D eigenvalue weighted by molar-refractivity contribution is 7.47. The number of ether oxygens (including phenoxy) is 2. The van der Waals surface area contributed by atoms with Crippen LogP contribution in [0.2, 0.25) is 0 Å². The van der Waals surface area contributed by atoms with Crippen LogP contribution in [-0.2, 0) is 32.7 Å². The Morgan fingerprint density at radius 1 is 0.545 bits per heavy atom. The normalized spacial score (nSPS) is 13.9. The van der Waals surface area contributed by atoms with Gasteiger partial charge in [-0.3, -0.25) is 18.6 Å². The molecule has 10 heteroatoms. The molecule has 0 aromatic heterocycles. The number of phosphoric ester groups is 1. The van der Waals surface area contributed by atoms with E-state index < -0.39 is 32.5 Å². The number of unbranched alkanes of at least 4 members (excludes halogenated alkanes) is 17. The molecule has 0 saturated heterocycles. The number of hydrogen-bond acceptors (Lipinski definition) is 8. The molecule has 318 valence electrons. The van der Waals surface area contributed by atoms with Crippen molar-refractivity contribution in [2.45, 2.75) is 187 Å². The van der Waals surface area contributed by atoms with Crippen molar-refractivity contribution in [1.29, 1.82) is 0 Å². The van der Waals surface area contributed by atoms with E-state index in [9.17, 15) is 19.0 Å². The van der Waals surface area contributed by atoms with Crippen LogP contribution in [0.5, 0.6) is 0 Å². The summed E-state index contributed by atoms with van der Waals surface area (Å²) in [5.74, 6) is -0.908. The number of phosphoric acid groups is 1. The van der Waals surface area contributed by atoms with E-state index in [1.165, 1.54) is 77.0 Å². The van der Waals surface area contributed by atoms with E-state index >= 15 is 0 Å². The molecule has 0 radical (unpaired) electrons. The molecule has 0 aromatic carbocycles. The number of allylic oxidation sites excluding steroid dienone is 10. The van der Waals surface area contributed by atoms with Crippen LogP contribution in [0.1, 0.15) is 181 Å². The molecule has 0 aliphatic carbocycles. The number of rotatable bonds is 40. The summed E-state index contributed by atoms with van der Waals surface area (Å²) in [5.41, 5.74) is 5.34. The van der Waals surface area contributed by atoms with Gasteiger partial charge in [0.1, 0.15) is 6.61 Å². The first kappa shape index (κ1) is 52.7. The zero-order chi connectivity index (χ0) is 40.3. The molecule has 0 aromatic rings. The minimum Gasteiger partial charge on any atom is -0.462 e. The lowest BCUT2D eigenvalue weighted by atomic mass is 10.1. The highest BCUT2D eigenvalue weighted by atomic mass is 31.2. The topological polar surface area (TPSA) is 134 Å². The lowest BCUT2D eigenvalue weighted by molar-refractivity contribution is -0.161. The van der Waals surface area contributed by atoms with Crippen molar-refractivity contribution in [2.75, 3.05) is 26.4 Å². The molecular formula is C45H80NO8P. The van der Waals surface area contributed by atoms with Crippen molar-refractivity contribution in [2.24, 2.45) is 5.73 Å². The van der Waals surface area contributed by atoms with E-state index in [1.807, 2.05) is 0 Å². The van der Waals surface area contributed by atoms with E-state index in [1.54, 1.807) is 0 Å². The van der Waals surface area contributed by atoms with Crippen molar-refractivity contribution in [1.82, 2.24) is 0 Å². The van der Waals surface area contributed by atoms with E-state index in [-0.39, 0.29) is 32.6 Å². The maximum atomic E-state index is 12.5. The van der Waals surface area contributed by atoms with Gasteiger partial charge in [-0.15, -0.1) is 0 Å². The second kappa shape index (κ2) is 41.3. The molecule has 0 rings (SSSR count). The Balaban J connectivity index is 4.25. The molecule has 3 N–H and O–H groups in total. The van der Waals surface area contributed by atoms with Crippen molar-refractivity contribution in [3.05, 3.63) is 60.8 Å². The van der Waals surface area contributed by atoms with Gasteiger partial charge in [-0.2, -0.15) is 0 Å². The number of carbonyl (C=O) groups excluding carboxylic acids is 2. The van der Waals surface area contributed by atoms with Crippen LogP contribution < -0.4 is 5.73 Å². The predicted octanol–water partition coefficient (Wildman–Crippen LogP) is 12.5. The first-order valence-corrected chi connectivity index (χ1v) is 23.3. The van der Waals surface area contributed by atoms with Crippen molar-refractivity contribution < 1.29 is 37.6 Å². The Morgan fingerprint density at radius 2 is 0.964 bits per heavy atom. The molecule has 1 unspecified atom stereocenters. The third kappa shape index (κ3) is 41.2. The molecule has 0 fully saturated rings. The highest BCUT2D eigenvalue weighted by Gasteiger charge is 2.25.